The number of anilines is 1. The summed E-state index contributed by atoms with van der Waals surface area (Å²) in [5.74, 6) is -0.481. The molecule has 0 atom stereocenters. The van der Waals surface area contributed by atoms with Gasteiger partial charge in [-0.1, -0.05) is 35.8 Å². The molecule has 122 valence electrons. The zero-order valence-electron chi connectivity index (χ0n) is 12.1. The summed E-state index contributed by atoms with van der Waals surface area (Å²) in [7, 11) is 0. The number of carbonyl (C=O) groups excluding carboxylic acids is 1. The first-order valence-corrected chi connectivity index (χ1v) is 8.85. The molecule has 1 heterocycles. The Labute approximate surface area is 147 Å². The van der Waals surface area contributed by atoms with Crippen LogP contribution in [0.1, 0.15) is 35.4 Å². The van der Waals surface area contributed by atoms with E-state index in [4.69, 9.17) is 29.6 Å². The van der Waals surface area contributed by atoms with Crippen LogP contribution in [0.15, 0.2) is 18.2 Å². The van der Waals surface area contributed by atoms with Crippen molar-refractivity contribution in [3.8, 4) is 5.69 Å². The molecule has 0 aliphatic heterocycles. The van der Waals surface area contributed by atoms with Crippen molar-refractivity contribution in [2.45, 2.75) is 31.7 Å². The van der Waals surface area contributed by atoms with Crippen molar-refractivity contribution in [2.75, 3.05) is 5.73 Å². The summed E-state index contributed by atoms with van der Waals surface area (Å²) in [5.41, 5.74) is 6.65. The number of aromatic nitrogens is 1. The first kappa shape index (κ1) is 16.4. The lowest BCUT2D eigenvalue weighted by atomic mass is 10.2. The Hall–Kier alpha value is -1.44. The van der Waals surface area contributed by atoms with Gasteiger partial charge in [-0.25, -0.2) is 4.39 Å². The van der Waals surface area contributed by atoms with E-state index in [2.05, 4.69) is 5.32 Å². The number of carbonyl (C=O) groups is 1. The smallest absolute Gasteiger partial charge is 0.265 e. The number of amides is 1. The lowest BCUT2D eigenvalue weighted by molar-refractivity contribution is 0.0942. The molecule has 1 aromatic carbocycles. The van der Waals surface area contributed by atoms with Crippen LogP contribution >= 0.6 is 35.2 Å². The Kier molecular flexibility index (Phi) is 4.70. The average Bonchev–Trinajstić information content (AvgIpc) is 3.10. The highest BCUT2D eigenvalue weighted by atomic mass is 35.5. The summed E-state index contributed by atoms with van der Waals surface area (Å²) in [5, 5.41) is 2.97. The first-order valence-electron chi connectivity index (χ1n) is 7.25. The van der Waals surface area contributed by atoms with E-state index >= 15 is 0 Å². The predicted molar refractivity (Wildman–Crippen MR) is 93.6 cm³/mol. The number of thiazole rings is 1. The third-order valence-electron chi connectivity index (χ3n) is 3.90. The van der Waals surface area contributed by atoms with Crippen molar-refractivity contribution in [3.63, 3.8) is 0 Å². The Morgan fingerprint density at radius 1 is 1.43 bits per heavy atom. The van der Waals surface area contributed by atoms with E-state index < -0.39 is 5.82 Å². The SMILES string of the molecule is Nc1c(C(=O)NC2CCCC2)sc(=S)n1-c1ccc(F)c(Cl)c1. The maximum atomic E-state index is 13.3. The summed E-state index contributed by atoms with van der Waals surface area (Å²) >= 11 is 12.3. The van der Waals surface area contributed by atoms with Crippen LogP contribution in [0.3, 0.4) is 0 Å². The molecule has 4 nitrogen and oxygen atoms in total. The van der Waals surface area contributed by atoms with Gasteiger partial charge in [0.25, 0.3) is 5.91 Å². The Morgan fingerprint density at radius 3 is 2.78 bits per heavy atom. The fourth-order valence-electron chi connectivity index (χ4n) is 2.74. The van der Waals surface area contributed by atoms with Crippen LogP contribution in [0.2, 0.25) is 5.02 Å². The summed E-state index contributed by atoms with van der Waals surface area (Å²) in [6.07, 6.45) is 4.24. The molecular weight excluding hydrogens is 357 g/mol. The zero-order valence-corrected chi connectivity index (χ0v) is 14.5. The minimum absolute atomic E-state index is 0.0213. The summed E-state index contributed by atoms with van der Waals surface area (Å²) < 4.78 is 15.3. The molecular formula is C15H15ClFN3OS2. The minimum Gasteiger partial charge on any atom is -0.383 e. The third-order valence-corrected chi connectivity index (χ3v) is 5.58. The van der Waals surface area contributed by atoms with E-state index in [1.165, 1.54) is 22.8 Å². The van der Waals surface area contributed by atoms with Crippen LogP contribution in [-0.4, -0.2) is 16.5 Å². The number of nitrogens with zero attached hydrogens (tertiary/aromatic N) is 1. The van der Waals surface area contributed by atoms with Gasteiger partial charge in [0.15, 0.2) is 3.95 Å². The van der Waals surface area contributed by atoms with Gasteiger partial charge in [0.2, 0.25) is 0 Å². The van der Waals surface area contributed by atoms with Crippen molar-refractivity contribution in [1.29, 1.82) is 0 Å². The maximum Gasteiger partial charge on any atom is 0.265 e. The van der Waals surface area contributed by atoms with Gasteiger partial charge in [0.1, 0.15) is 16.5 Å². The number of rotatable bonds is 3. The van der Waals surface area contributed by atoms with Crippen LogP contribution in [0.5, 0.6) is 0 Å². The van der Waals surface area contributed by atoms with Crippen LogP contribution in [0.25, 0.3) is 5.69 Å². The van der Waals surface area contributed by atoms with Crippen LogP contribution < -0.4 is 11.1 Å². The highest BCUT2D eigenvalue weighted by Gasteiger charge is 2.23. The lowest BCUT2D eigenvalue weighted by Crippen LogP contribution is -2.32. The molecule has 1 aromatic heterocycles. The second-order valence-electron chi connectivity index (χ2n) is 5.47. The van der Waals surface area contributed by atoms with Crippen molar-refractivity contribution >= 4 is 46.9 Å². The quantitative estimate of drug-likeness (QED) is 0.790. The molecule has 0 saturated heterocycles. The molecule has 0 bridgehead atoms. The third kappa shape index (κ3) is 3.27. The van der Waals surface area contributed by atoms with Crippen LogP contribution in [0.4, 0.5) is 10.2 Å². The molecule has 8 heteroatoms. The summed E-state index contributed by atoms with van der Waals surface area (Å²) in [6.45, 7) is 0. The van der Waals surface area contributed by atoms with Crippen molar-refractivity contribution in [1.82, 2.24) is 9.88 Å². The second-order valence-corrected chi connectivity index (χ2v) is 7.52. The molecule has 1 aliphatic rings. The number of hydrogen-bond donors (Lipinski definition) is 2. The van der Waals surface area contributed by atoms with E-state index in [0.29, 0.717) is 14.5 Å². The molecule has 2 aromatic rings. The summed E-state index contributed by atoms with van der Waals surface area (Å²) in [4.78, 5) is 12.8. The number of nitrogens with two attached hydrogens (primary N) is 1. The molecule has 0 unspecified atom stereocenters. The molecule has 1 amide bonds. The molecule has 1 fully saturated rings. The standard InChI is InChI=1S/C15H15ClFN3OS2/c16-10-7-9(5-6-11(10)17)20-13(18)12(23-15(20)22)14(21)19-8-3-1-2-4-8/h5-8H,1-4,18H2,(H,19,21). The Morgan fingerprint density at radius 2 is 2.13 bits per heavy atom. The highest BCUT2D eigenvalue weighted by molar-refractivity contribution is 7.73. The van der Waals surface area contributed by atoms with Gasteiger partial charge in [0.05, 0.1) is 10.7 Å². The molecule has 1 aliphatic carbocycles. The number of benzene rings is 1. The molecule has 23 heavy (non-hydrogen) atoms. The van der Waals surface area contributed by atoms with Gasteiger partial charge in [0, 0.05) is 6.04 Å². The van der Waals surface area contributed by atoms with Gasteiger partial charge in [-0.2, -0.15) is 0 Å². The highest BCUT2D eigenvalue weighted by Crippen LogP contribution is 2.29. The second kappa shape index (κ2) is 6.59. The number of halogens is 2. The Balaban J connectivity index is 1.94. The molecule has 3 rings (SSSR count). The van der Waals surface area contributed by atoms with Crippen molar-refractivity contribution in [3.05, 3.63) is 37.9 Å². The minimum atomic E-state index is -0.519. The van der Waals surface area contributed by atoms with Gasteiger partial charge in [-0.15, -0.1) is 0 Å². The maximum absolute atomic E-state index is 13.3. The van der Waals surface area contributed by atoms with E-state index in [0.717, 1.165) is 37.0 Å². The van der Waals surface area contributed by atoms with Crippen molar-refractivity contribution < 1.29 is 9.18 Å². The van der Waals surface area contributed by atoms with Gasteiger partial charge < -0.3 is 11.1 Å². The van der Waals surface area contributed by atoms with E-state index in [9.17, 15) is 9.18 Å². The van der Waals surface area contributed by atoms with E-state index in [1.807, 2.05) is 0 Å². The van der Waals surface area contributed by atoms with E-state index in [-0.39, 0.29) is 22.8 Å². The molecule has 3 N–H and O–H groups in total. The lowest BCUT2D eigenvalue weighted by Gasteiger charge is -2.11. The molecule has 0 radical (unpaired) electrons. The number of hydrogen-bond acceptors (Lipinski definition) is 4. The van der Waals surface area contributed by atoms with Crippen molar-refractivity contribution in [2.24, 2.45) is 0 Å². The van der Waals surface area contributed by atoms with Gasteiger partial charge in [-0.3, -0.25) is 9.36 Å². The number of nitrogens with one attached hydrogen (secondary N) is 1. The summed E-state index contributed by atoms with van der Waals surface area (Å²) in [6, 6.07) is 4.41. The topological polar surface area (TPSA) is 60.1 Å². The predicted octanol–water partition coefficient (Wildman–Crippen LogP) is 4.32. The monoisotopic (exact) mass is 371 g/mol. The van der Waals surface area contributed by atoms with Crippen LogP contribution in [-0.2, 0) is 0 Å². The van der Waals surface area contributed by atoms with Gasteiger partial charge >= 0.3 is 0 Å². The normalized spacial score (nSPS) is 15.0. The molecule has 1 saturated carbocycles. The fraction of sp³-hybridized carbons (Fsp3) is 0.333. The Bertz CT molecular complexity index is 812. The largest absolute Gasteiger partial charge is 0.383 e. The number of nitrogen functional groups attached to an aromatic ring is 1. The molecule has 0 spiro atoms. The van der Waals surface area contributed by atoms with E-state index in [1.54, 1.807) is 0 Å². The van der Waals surface area contributed by atoms with Crippen LogP contribution in [0, 0.1) is 9.77 Å². The van der Waals surface area contributed by atoms with Gasteiger partial charge in [-0.05, 0) is 43.3 Å². The average molecular weight is 372 g/mol. The first-order chi connectivity index (χ1) is 11.0. The zero-order chi connectivity index (χ0) is 16.6. The fourth-order valence-corrected chi connectivity index (χ4v) is 4.18.